The average Bonchev–Trinajstić information content (AvgIpc) is 3.44. The molecule has 0 saturated heterocycles. The highest BCUT2D eigenvalue weighted by molar-refractivity contribution is 7.12. The third kappa shape index (κ3) is 2.26. The second-order valence-corrected chi connectivity index (χ2v) is 7.44. The van der Waals surface area contributed by atoms with Crippen LogP contribution in [0.2, 0.25) is 0 Å². The lowest BCUT2D eigenvalue weighted by atomic mass is 10.0. The van der Waals surface area contributed by atoms with Gasteiger partial charge in [0.25, 0.3) is 5.56 Å². The fourth-order valence-electron chi connectivity index (χ4n) is 3.63. The summed E-state index contributed by atoms with van der Waals surface area (Å²) in [7, 11) is 1.34. The van der Waals surface area contributed by atoms with E-state index < -0.39 is 22.8 Å². The van der Waals surface area contributed by atoms with Gasteiger partial charge in [0.1, 0.15) is 16.0 Å². The molecule has 3 heterocycles. The van der Waals surface area contributed by atoms with Gasteiger partial charge in [-0.3, -0.25) is 14.0 Å². The summed E-state index contributed by atoms with van der Waals surface area (Å²) in [6.45, 7) is 0. The molecule has 1 N–H and O–H groups in total. The lowest BCUT2D eigenvalue weighted by Gasteiger charge is -2.18. The molecule has 0 aliphatic heterocycles. The van der Waals surface area contributed by atoms with Crippen molar-refractivity contribution in [2.45, 2.75) is 18.9 Å². The highest BCUT2D eigenvalue weighted by Crippen LogP contribution is 2.45. The molecule has 4 aromatic rings. The van der Waals surface area contributed by atoms with E-state index in [1.807, 2.05) is 4.57 Å². The monoisotopic (exact) mass is 401 g/mol. The minimum atomic E-state index is -0.841. The number of pyridine rings is 2. The second-order valence-electron chi connectivity index (χ2n) is 6.65. The van der Waals surface area contributed by atoms with E-state index in [9.17, 15) is 14.0 Å². The predicted molar refractivity (Wildman–Crippen MR) is 102 cm³/mol. The molecule has 28 heavy (non-hydrogen) atoms. The maximum Gasteiger partial charge on any atom is 0.271 e. The van der Waals surface area contributed by atoms with Crippen LogP contribution in [0, 0.1) is 11.8 Å². The van der Waals surface area contributed by atoms with E-state index in [1.54, 1.807) is 0 Å². The van der Waals surface area contributed by atoms with Gasteiger partial charge in [-0.15, -0.1) is 0 Å². The molecule has 142 valence electrons. The summed E-state index contributed by atoms with van der Waals surface area (Å²) in [5.41, 5.74) is -0.868. The van der Waals surface area contributed by atoms with Gasteiger partial charge in [0, 0.05) is 17.8 Å². The molecule has 0 unspecified atom stereocenters. The molecule has 1 saturated carbocycles. The van der Waals surface area contributed by atoms with Crippen LogP contribution in [-0.2, 0) is 0 Å². The summed E-state index contributed by atoms with van der Waals surface area (Å²) >= 11 is 1.06. The molecule has 1 aromatic carbocycles. The number of benzene rings is 1. The first-order valence-corrected chi connectivity index (χ1v) is 9.41. The maximum atomic E-state index is 15.1. The molecule has 9 heteroatoms. The Morgan fingerprint density at radius 3 is 2.79 bits per heavy atom. The number of hydrogen-bond acceptors (Lipinski definition) is 5. The van der Waals surface area contributed by atoms with Crippen LogP contribution in [0.25, 0.3) is 32.2 Å². The van der Waals surface area contributed by atoms with Crippen LogP contribution in [0.15, 0.2) is 34.0 Å². The van der Waals surface area contributed by atoms with Crippen molar-refractivity contribution < 1.29 is 13.5 Å². The van der Waals surface area contributed by atoms with Gasteiger partial charge in [-0.1, -0.05) is 0 Å². The normalized spacial score (nSPS) is 14.1. The fraction of sp³-hybridized carbons (Fsp3) is 0.211. The molecule has 0 radical (unpaired) electrons. The predicted octanol–water partition coefficient (Wildman–Crippen LogP) is 3.59. The van der Waals surface area contributed by atoms with E-state index in [-0.39, 0.29) is 33.7 Å². The first-order chi connectivity index (χ1) is 13.5. The summed E-state index contributed by atoms with van der Waals surface area (Å²) in [5.74, 6) is -1.61. The average molecular weight is 401 g/mol. The number of aromatic nitrogens is 3. The molecule has 0 atom stereocenters. The lowest BCUT2D eigenvalue weighted by molar-refractivity contribution is 0.415. The van der Waals surface area contributed by atoms with Crippen molar-refractivity contribution >= 4 is 32.7 Å². The summed E-state index contributed by atoms with van der Waals surface area (Å²) < 4.78 is 39.3. The number of H-pyrrole nitrogens is 1. The molecule has 5 rings (SSSR count). The van der Waals surface area contributed by atoms with E-state index >= 15 is 4.39 Å². The molecule has 0 spiro atoms. The zero-order valence-electron chi connectivity index (χ0n) is 14.6. The van der Waals surface area contributed by atoms with Gasteiger partial charge in [0.05, 0.1) is 23.6 Å². The third-order valence-electron chi connectivity index (χ3n) is 4.96. The zero-order valence-corrected chi connectivity index (χ0v) is 15.4. The number of aromatic amines is 1. The number of halogens is 2. The Bertz CT molecular complexity index is 1390. The lowest BCUT2D eigenvalue weighted by Crippen LogP contribution is -2.16. The second kappa shape index (κ2) is 5.96. The first-order valence-electron chi connectivity index (χ1n) is 8.59. The van der Waals surface area contributed by atoms with Crippen molar-refractivity contribution in [2.75, 3.05) is 7.11 Å². The fourth-order valence-corrected chi connectivity index (χ4v) is 4.55. The van der Waals surface area contributed by atoms with Crippen molar-refractivity contribution in [2.24, 2.45) is 0 Å². The first kappa shape index (κ1) is 17.1. The third-order valence-corrected chi connectivity index (χ3v) is 5.85. The molecule has 6 nitrogen and oxygen atoms in total. The number of rotatable bonds is 3. The standard InChI is InChI=1S/C19H13F2N3O3S/c1-27-16-12(9-3-2-6-22-17(9)21)11(20)7-10-14(16)24(8-4-5-8)19-13(15(10)25)18(26)23-28-19/h2-3,6-8H,4-5H2,1H3,(H,23,26). The van der Waals surface area contributed by atoms with E-state index in [0.717, 1.165) is 30.4 Å². The molecular formula is C19H13F2N3O3S. The molecule has 1 aliphatic carbocycles. The van der Waals surface area contributed by atoms with Gasteiger partial charge in [-0.25, -0.2) is 9.37 Å². The van der Waals surface area contributed by atoms with Crippen molar-refractivity contribution in [3.63, 3.8) is 0 Å². The SMILES string of the molecule is COc1c(-c2cccnc2F)c(F)cc2c(=O)c3c(=O)[nH]sc3n(C3CC3)c12. The van der Waals surface area contributed by atoms with Crippen molar-refractivity contribution in [3.05, 3.63) is 56.7 Å². The molecular weight excluding hydrogens is 388 g/mol. The summed E-state index contributed by atoms with van der Waals surface area (Å²) in [6, 6.07) is 4.01. The van der Waals surface area contributed by atoms with Crippen LogP contribution in [0.1, 0.15) is 18.9 Å². The Hall–Kier alpha value is -3.07. The topological polar surface area (TPSA) is 77.0 Å². The number of ether oxygens (including phenoxy) is 1. The Balaban J connectivity index is 2.04. The van der Waals surface area contributed by atoms with E-state index in [0.29, 0.717) is 10.3 Å². The minimum Gasteiger partial charge on any atom is -0.494 e. The van der Waals surface area contributed by atoms with E-state index in [2.05, 4.69) is 9.36 Å². The summed E-state index contributed by atoms with van der Waals surface area (Å²) in [5, 5.41) is 0.0388. The van der Waals surface area contributed by atoms with Gasteiger partial charge >= 0.3 is 0 Å². The number of hydrogen-bond donors (Lipinski definition) is 1. The molecule has 0 amide bonds. The van der Waals surface area contributed by atoms with Gasteiger partial charge < -0.3 is 9.30 Å². The van der Waals surface area contributed by atoms with Crippen LogP contribution in [-0.4, -0.2) is 21.0 Å². The number of fused-ring (bicyclic) bond motifs is 2. The van der Waals surface area contributed by atoms with Crippen LogP contribution < -0.4 is 15.7 Å². The van der Waals surface area contributed by atoms with Gasteiger partial charge in [-0.2, -0.15) is 4.39 Å². The Morgan fingerprint density at radius 2 is 2.11 bits per heavy atom. The van der Waals surface area contributed by atoms with Crippen LogP contribution in [0.3, 0.4) is 0 Å². The Labute approximate surface area is 160 Å². The van der Waals surface area contributed by atoms with Gasteiger partial charge in [-0.05, 0) is 42.6 Å². The van der Waals surface area contributed by atoms with Crippen LogP contribution in [0.5, 0.6) is 5.75 Å². The number of nitrogens with one attached hydrogen (secondary N) is 1. The minimum absolute atomic E-state index is 0.00570. The molecule has 3 aromatic heterocycles. The Kier molecular flexibility index (Phi) is 3.63. The largest absolute Gasteiger partial charge is 0.494 e. The summed E-state index contributed by atoms with van der Waals surface area (Å²) in [4.78, 5) is 29.2. The van der Waals surface area contributed by atoms with Crippen LogP contribution in [0.4, 0.5) is 8.78 Å². The molecule has 1 aliphatic rings. The number of nitrogens with zero attached hydrogens (tertiary/aromatic N) is 2. The zero-order chi connectivity index (χ0) is 19.6. The van der Waals surface area contributed by atoms with E-state index in [4.69, 9.17) is 4.74 Å². The number of methoxy groups -OCH3 is 1. The summed E-state index contributed by atoms with van der Waals surface area (Å²) in [6.07, 6.45) is 2.98. The highest BCUT2D eigenvalue weighted by atomic mass is 32.1. The van der Waals surface area contributed by atoms with Crippen molar-refractivity contribution in [1.82, 2.24) is 13.9 Å². The molecule has 1 fully saturated rings. The van der Waals surface area contributed by atoms with E-state index in [1.165, 1.54) is 25.4 Å². The van der Waals surface area contributed by atoms with Crippen molar-refractivity contribution in [3.8, 4) is 16.9 Å². The van der Waals surface area contributed by atoms with Crippen molar-refractivity contribution in [1.29, 1.82) is 0 Å². The maximum absolute atomic E-state index is 15.1. The molecule has 0 bridgehead atoms. The van der Waals surface area contributed by atoms with Gasteiger partial charge in [0.15, 0.2) is 5.75 Å². The smallest absolute Gasteiger partial charge is 0.271 e. The van der Waals surface area contributed by atoms with Crippen LogP contribution >= 0.6 is 11.5 Å². The quantitative estimate of drug-likeness (QED) is 0.533. The Morgan fingerprint density at radius 1 is 1.32 bits per heavy atom. The highest BCUT2D eigenvalue weighted by Gasteiger charge is 2.32. The van der Waals surface area contributed by atoms with Gasteiger partial charge in [0.2, 0.25) is 11.4 Å².